The third-order valence-electron chi connectivity index (χ3n) is 3.61. The van der Waals surface area contributed by atoms with E-state index in [4.69, 9.17) is 4.74 Å². The molecule has 3 rings (SSSR count). The fourth-order valence-electron chi connectivity index (χ4n) is 2.37. The SMILES string of the molecule is Cc1ccc(COc2ccccc2-c2nccn2S(C)(=O)=O)cc1. The molecule has 0 atom stereocenters. The molecule has 5 nitrogen and oxygen atoms in total. The van der Waals surface area contributed by atoms with Gasteiger partial charge in [0.05, 0.1) is 11.8 Å². The van der Waals surface area contributed by atoms with Crippen molar-refractivity contribution in [3.8, 4) is 17.1 Å². The quantitative estimate of drug-likeness (QED) is 0.714. The Morgan fingerprint density at radius 1 is 1.08 bits per heavy atom. The Hall–Kier alpha value is -2.60. The van der Waals surface area contributed by atoms with Crippen molar-refractivity contribution in [3.63, 3.8) is 0 Å². The van der Waals surface area contributed by atoms with Crippen molar-refractivity contribution in [2.75, 3.05) is 6.26 Å². The summed E-state index contributed by atoms with van der Waals surface area (Å²) < 4.78 is 30.8. The van der Waals surface area contributed by atoms with Gasteiger partial charge in [0.25, 0.3) is 0 Å². The molecule has 0 fully saturated rings. The van der Waals surface area contributed by atoms with Crippen LogP contribution in [-0.4, -0.2) is 23.6 Å². The van der Waals surface area contributed by atoms with Gasteiger partial charge in [-0.1, -0.05) is 42.0 Å². The number of para-hydroxylation sites is 1. The van der Waals surface area contributed by atoms with Crippen molar-refractivity contribution < 1.29 is 13.2 Å². The van der Waals surface area contributed by atoms with Crippen molar-refractivity contribution >= 4 is 10.0 Å². The Morgan fingerprint density at radius 3 is 2.50 bits per heavy atom. The van der Waals surface area contributed by atoms with E-state index < -0.39 is 10.0 Å². The zero-order valence-corrected chi connectivity index (χ0v) is 14.3. The van der Waals surface area contributed by atoms with Crippen LogP contribution in [0.25, 0.3) is 11.4 Å². The molecule has 0 aliphatic rings. The second kappa shape index (κ2) is 6.49. The molecule has 1 heterocycles. The molecule has 0 bridgehead atoms. The van der Waals surface area contributed by atoms with Crippen LogP contribution in [0.5, 0.6) is 5.75 Å². The van der Waals surface area contributed by atoms with Crippen LogP contribution >= 0.6 is 0 Å². The number of nitrogens with zero attached hydrogens (tertiary/aromatic N) is 2. The van der Waals surface area contributed by atoms with E-state index in [-0.39, 0.29) is 0 Å². The lowest BCUT2D eigenvalue weighted by atomic mass is 10.1. The lowest BCUT2D eigenvalue weighted by molar-refractivity contribution is 0.307. The third kappa shape index (κ3) is 3.49. The van der Waals surface area contributed by atoms with E-state index in [0.717, 1.165) is 15.8 Å². The van der Waals surface area contributed by atoms with Crippen molar-refractivity contribution in [2.45, 2.75) is 13.5 Å². The summed E-state index contributed by atoms with van der Waals surface area (Å²) in [6.45, 7) is 2.43. The molecule has 0 aliphatic carbocycles. The molecule has 0 unspecified atom stereocenters. The van der Waals surface area contributed by atoms with Gasteiger partial charge < -0.3 is 4.74 Å². The Balaban J connectivity index is 1.92. The predicted molar refractivity (Wildman–Crippen MR) is 93.4 cm³/mol. The fourth-order valence-corrected chi connectivity index (χ4v) is 3.11. The van der Waals surface area contributed by atoms with E-state index in [1.165, 1.54) is 18.0 Å². The van der Waals surface area contributed by atoms with Crippen molar-refractivity contribution in [2.24, 2.45) is 0 Å². The minimum atomic E-state index is -3.43. The molecule has 0 spiro atoms. The second-order valence-electron chi connectivity index (χ2n) is 5.58. The highest BCUT2D eigenvalue weighted by Crippen LogP contribution is 2.29. The molecule has 0 aliphatic heterocycles. The lowest BCUT2D eigenvalue weighted by Gasteiger charge is -2.12. The van der Waals surface area contributed by atoms with E-state index in [1.54, 1.807) is 6.07 Å². The summed E-state index contributed by atoms with van der Waals surface area (Å²) in [5.74, 6) is 0.936. The number of imidazole rings is 1. The summed E-state index contributed by atoms with van der Waals surface area (Å²) in [5, 5.41) is 0. The third-order valence-corrected chi connectivity index (χ3v) is 4.62. The molecule has 0 N–H and O–H groups in total. The average Bonchev–Trinajstić information content (AvgIpc) is 3.04. The monoisotopic (exact) mass is 342 g/mol. The molecular weight excluding hydrogens is 324 g/mol. The highest BCUT2D eigenvalue weighted by molar-refractivity contribution is 7.89. The molecule has 0 amide bonds. The number of aryl methyl sites for hydroxylation is 1. The van der Waals surface area contributed by atoms with Crippen LogP contribution in [0.1, 0.15) is 11.1 Å². The number of hydrogen-bond acceptors (Lipinski definition) is 4. The molecule has 0 saturated carbocycles. The average molecular weight is 342 g/mol. The largest absolute Gasteiger partial charge is 0.488 e. The Bertz CT molecular complexity index is 944. The summed E-state index contributed by atoms with van der Waals surface area (Å²) in [4.78, 5) is 4.18. The van der Waals surface area contributed by atoms with Gasteiger partial charge in [-0.25, -0.2) is 17.4 Å². The van der Waals surface area contributed by atoms with Gasteiger partial charge in [0.2, 0.25) is 10.0 Å². The minimum Gasteiger partial charge on any atom is -0.488 e. The zero-order valence-electron chi connectivity index (χ0n) is 13.5. The number of ether oxygens (including phenoxy) is 1. The van der Waals surface area contributed by atoms with E-state index in [0.29, 0.717) is 23.7 Å². The highest BCUT2D eigenvalue weighted by atomic mass is 32.2. The summed E-state index contributed by atoms with van der Waals surface area (Å²) in [6.07, 6.45) is 4.04. The molecule has 3 aromatic rings. The Kier molecular flexibility index (Phi) is 4.40. The van der Waals surface area contributed by atoms with Crippen LogP contribution in [0.2, 0.25) is 0 Å². The van der Waals surface area contributed by atoms with Gasteiger partial charge in [0.1, 0.15) is 12.4 Å². The molecule has 2 aromatic carbocycles. The number of rotatable bonds is 5. The van der Waals surface area contributed by atoms with Crippen LogP contribution < -0.4 is 4.74 Å². The Morgan fingerprint density at radius 2 is 1.79 bits per heavy atom. The first-order valence-corrected chi connectivity index (χ1v) is 9.31. The number of hydrogen-bond donors (Lipinski definition) is 0. The fraction of sp³-hybridized carbons (Fsp3) is 0.167. The van der Waals surface area contributed by atoms with Gasteiger partial charge in [-0.05, 0) is 24.6 Å². The van der Waals surface area contributed by atoms with E-state index >= 15 is 0 Å². The summed E-state index contributed by atoms with van der Waals surface area (Å²) in [5.41, 5.74) is 2.87. The molecule has 124 valence electrons. The predicted octanol–water partition coefficient (Wildman–Crippen LogP) is 3.25. The van der Waals surface area contributed by atoms with E-state index in [9.17, 15) is 8.42 Å². The maximum Gasteiger partial charge on any atom is 0.237 e. The highest BCUT2D eigenvalue weighted by Gasteiger charge is 2.16. The van der Waals surface area contributed by atoms with Gasteiger partial charge >= 0.3 is 0 Å². The normalized spacial score (nSPS) is 11.4. The van der Waals surface area contributed by atoms with Crippen LogP contribution in [0.15, 0.2) is 60.9 Å². The van der Waals surface area contributed by atoms with Gasteiger partial charge in [0.15, 0.2) is 5.82 Å². The maximum absolute atomic E-state index is 11.9. The lowest BCUT2D eigenvalue weighted by Crippen LogP contribution is -2.11. The van der Waals surface area contributed by atoms with Gasteiger partial charge in [-0.2, -0.15) is 0 Å². The maximum atomic E-state index is 11.9. The second-order valence-corrected chi connectivity index (χ2v) is 7.44. The topological polar surface area (TPSA) is 61.2 Å². The standard InChI is InChI=1S/C18H18N2O3S/c1-14-7-9-15(10-8-14)13-23-17-6-4-3-5-16(17)18-19-11-12-20(18)24(2,21)22/h3-12H,13H2,1-2H3. The Labute approximate surface area is 141 Å². The molecule has 0 saturated heterocycles. The number of aromatic nitrogens is 2. The van der Waals surface area contributed by atoms with Crippen molar-refractivity contribution in [1.82, 2.24) is 8.96 Å². The molecule has 24 heavy (non-hydrogen) atoms. The van der Waals surface area contributed by atoms with E-state index in [1.807, 2.05) is 49.4 Å². The van der Waals surface area contributed by atoms with Crippen LogP contribution in [0.4, 0.5) is 0 Å². The molecule has 6 heteroatoms. The molecule has 0 radical (unpaired) electrons. The van der Waals surface area contributed by atoms with Crippen molar-refractivity contribution in [3.05, 3.63) is 72.1 Å². The smallest absolute Gasteiger partial charge is 0.237 e. The zero-order chi connectivity index (χ0) is 17.2. The molecular formula is C18H18N2O3S. The first-order chi connectivity index (χ1) is 11.4. The van der Waals surface area contributed by atoms with Crippen LogP contribution in [0.3, 0.4) is 0 Å². The van der Waals surface area contributed by atoms with Gasteiger partial charge in [-0.3, -0.25) is 0 Å². The van der Waals surface area contributed by atoms with Gasteiger partial charge in [0, 0.05) is 12.4 Å². The minimum absolute atomic E-state index is 0.344. The summed E-state index contributed by atoms with van der Waals surface area (Å²) in [7, 11) is -3.43. The van der Waals surface area contributed by atoms with E-state index in [2.05, 4.69) is 4.98 Å². The number of benzene rings is 2. The molecule has 1 aromatic heterocycles. The summed E-state index contributed by atoms with van der Waals surface area (Å²) >= 11 is 0. The van der Waals surface area contributed by atoms with Gasteiger partial charge in [-0.15, -0.1) is 0 Å². The first-order valence-electron chi connectivity index (χ1n) is 7.47. The first kappa shape index (κ1) is 16.3. The van der Waals surface area contributed by atoms with Crippen LogP contribution in [-0.2, 0) is 16.6 Å². The van der Waals surface area contributed by atoms with Crippen molar-refractivity contribution in [1.29, 1.82) is 0 Å². The van der Waals surface area contributed by atoms with Crippen LogP contribution in [0, 0.1) is 6.92 Å². The summed E-state index contributed by atoms with van der Waals surface area (Å²) in [6, 6.07) is 15.4.